The van der Waals surface area contributed by atoms with Crippen LogP contribution in [0.25, 0.3) is 0 Å². The van der Waals surface area contributed by atoms with Crippen molar-refractivity contribution < 1.29 is 28.9 Å². The lowest BCUT2D eigenvalue weighted by Gasteiger charge is -2.21. The molecule has 3 rings (SSSR count). The van der Waals surface area contributed by atoms with E-state index < -0.39 is 12.6 Å². The number of nitrogens with zero attached hydrogens (tertiary/aromatic N) is 1. The molecular formula is C20H21NO6. The van der Waals surface area contributed by atoms with Crippen LogP contribution in [0.5, 0.6) is 17.2 Å². The second-order valence-corrected chi connectivity index (χ2v) is 6.24. The molecule has 142 valence electrons. The number of fused-ring (bicyclic) bond motifs is 1. The van der Waals surface area contributed by atoms with Crippen molar-refractivity contribution in [2.45, 2.75) is 13.5 Å². The molecular weight excluding hydrogens is 350 g/mol. The average molecular weight is 371 g/mol. The molecule has 0 unspecified atom stereocenters. The van der Waals surface area contributed by atoms with Crippen molar-refractivity contribution in [3.63, 3.8) is 0 Å². The lowest BCUT2D eigenvalue weighted by Crippen LogP contribution is -2.31. The Labute approximate surface area is 157 Å². The van der Waals surface area contributed by atoms with Crippen molar-refractivity contribution in [2.75, 3.05) is 26.9 Å². The van der Waals surface area contributed by atoms with Crippen molar-refractivity contribution >= 4 is 11.9 Å². The number of carboxylic acids is 1. The molecule has 1 heterocycles. The van der Waals surface area contributed by atoms with Crippen LogP contribution in [0.1, 0.15) is 21.5 Å². The Hall–Kier alpha value is -3.22. The van der Waals surface area contributed by atoms with E-state index in [9.17, 15) is 9.59 Å². The summed E-state index contributed by atoms with van der Waals surface area (Å²) in [5.74, 6) is 0.211. The molecule has 2 aromatic carbocycles. The minimum Gasteiger partial charge on any atom is -0.493 e. The Morgan fingerprint density at radius 2 is 2.04 bits per heavy atom. The number of aryl methyl sites for hydroxylation is 1. The van der Waals surface area contributed by atoms with Gasteiger partial charge >= 0.3 is 5.97 Å². The predicted octanol–water partition coefficient (Wildman–Crippen LogP) is 2.50. The molecule has 0 spiro atoms. The van der Waals surface area contributed by atoms with Gasteiger partial charge in [0.1, 0.15) is 12.4 Å². The molecule has 7 nitrogen and oxygen atoms in total. The number of aliphatic carboxylic acids is 1. The smallest absolute Gasteiger partial charge is 0.341 e. The van der Waals surface area contributed by atoms with E-state index in [4.69, 9.17) is 19.3 Å². The molecule has 2 aromatic rings. The average Bonchev–Trinajstić information content (AvgIpc) is 2.80. The van der Waals surface area contributed by atoms with E-state index in [1.165, 1.54) is 7.11 Å². The van der Waals surface area contributed by atoms with Gasteiger partial charge in [0.05, 0.1) is 19.2 Å². The first kappa shape index (κ1) is 18.6. The first-order valence-corrected chi connectivity index (χ1v) is 8.52. The zero-order valence-electron chi connectivity index (χ0n) is 15.2. The third-order valence-electron chi connectivity index (χ3n) is 4.22. The minimum atomic E-state index is -1.06. The van der Waals surface area contributed by atoms with Crippen LogP contribution in [0.2, 0.25) is 0 Å². The summed E-state index contributed by atoms with van der Waals surface area (Å²) in [4.78, 5) is 25.3. The standard InChI is InChI=1S/C20H21NO6/c1-13-3-5-16-15(9-13)20(24)21(7-8-26-16)11-14-4-6-17(18(10-14)25-2)27-12-19(22)23/h3-6,9-10H,7-8,11-12H2,1-2H3,(H,22,23). The molecule has 1 amide bonds. The maximum atomic E-state index is 12.9. The number of hydrogen-bond donors (Lipinski definition) is 1. The van der Waals surface area contributed by atoms with Crippen LogP contribution in [0.4, 0.5) is 0 Å². The number of benzene rings is 2. The highest BCUT2D eigenvalue weighted by Crippen LogP contribution is 2.30. The van der Waals surface area contributed by atoms with Gasteiger partial charge in [-0.2, -0.15) is 0 Å². The van der Waals surface area contributed by atoms with Gasteiger partial charge in [0, 0.05) is 6.54 Å². The molecule has 0 saturated heterocycles. The molecule has 7 heteroatoms. The van der Waals surface area contributed by atoms with Crippen LogP contribution < -0.4 is 14.2 Å². The fraction of sp³-hybridized carbons (Fsp3) is 0.300. The fourth-order valence-corrected chi connectivity index (χ4v) is 2.91. The van der Waals surface area contributed by atoms with Gasteiger partial charge in [0.25, 0.3) is 5.91 Å². The second-order valence-electron chi connectivity index (χ2n) is 6.24. The largest absolute Gasteiger partial charge is 0.493 e. The number of carboxylic acid groups (broad SMARTS) is 1. The molecule has 0 bridgehead atoms. The normalized spacial score (nSPS) is 13.4. The number of ether oxygens (including phenoxy) is 3. The molecule has 0 radical (unpaired) electrons. The molecule has 27 heavy (non-hydrogen) atoms. The quantitative estimate of drug-likeness (QED) is 0.840. The summed E-state index contributed by atoms with van der Waals surface area (Å²) in [7, 11) is 1.48. The van der Waals surface area contributed by atoms with Crippen LogP contribution in [0, 0.1) is 6.92 Å². The van der Waals surface area contributed by atoms with E-state index >= 15 is 0 Å². The molecule has 1 aliphatic heterocycles. The third kappa shape index (κ3) is 4.31. The molecule has 0 atom stereocenters. The Morgan fingerprint density at radius 3 is 2.78 bits per heavy atom. The van der Waals surface area contributed by atoms with Crippen LogP contribution >= 0.6 is 0 Å². The Morgan fingerprint density at radius 1 is 1.22 bits per heavy atom. The highest BCUT2D eigenvalue weighted by Gasteiger charge is 2.24. The van der Waals surface area contributed by atoms with Crippen LogP contribution in [0.3, 0.4) is 0 Å². The number of hydrogen-bond acceptors (Lipinski definition) is 5. The Kier molecular flexibility index (Phi) is 5.49. The molecule has 0 saturated carbocycles. The van der Waals surface area contributed by atoms with Crippen LogP contribution in [-0.4, -0.2) is 48.8 Å². The number of carbonyl (C=O) groups is 2. The summed E-state index contributed by atoms with van der Waals surface area (Å²) >= 11 is 0. The first-order chi connectivity index (χ1) is 13.0. The van der Waals surface area contributed by atoms with Crippen molar-refractivity contribution in [3.8, 4) is 17.2 Å². The zero-order chi connectivity index (χ0) is 19.4. The lowest BCUT2D eigenvalue weighted by atomic mass is 10.1. The third-order valence-corrected chi connectivity index (χ3v) is 4.22. The van der Waals surface area contributed by atoms with Crippen molar-refractivity contribution in [3.05, 3.63) is 53.1 Å². The number of rotatable bonds is 6. The van der Waals surface area contributed by atoms with Crippen LogP contribution in [0.15, 0.2) is 36.4 Å². The fourth-order valence-electron chi connectivity index (χ4n) is 2.91. The molecule has 0 aromatic heterocycles. The number of carbonyl (C=O) groups excluding carboxylic acids is 1. The Bertz CT molecular complexity index is 864. The van der Waals surface area contributed by atoms with Crippen molar-refractivity contribution in [2.24, 2.45) is 0 Å². The number of methoxy groups -OCH3 is 1. The van der Waals surface area contributed by atoms with Gasteiger partial charge in [-0.25, -0.2) is 4.79 Å². The SMILES string of the molecule is COc1cc(CN2CCOc3ccc(C)cc3C2=O)ccc1OCC(=O)O. The van der Waals surface area contributed by atoms with Gasteiger partial charge in [0.2, 0.25) is 0 Å². The van der Waals surface area contributed by atoms with Gasteiger partial charge in [-0.05, 0) is 36.8 Å². The first-order valence-electron chi connectivity index (χ1n) is 8.52. The number of amides is 1. The second kappa shape index (κ2) is 7.99. The van der Waals surface area contributed by atoms with Crippen molar-refractivity contribution in [1.29, 1.82) is 0 Å². The van der Waals surface area contributed by atoms with E-state index in [1.54, 1.807) is 23.1 Å². The summed E-state index contributed by atoms with van der Waals surface area (Å²) < 4.78 is 16.2. The minimum absolute atomic E-state index is 0.0867. The zero-order valence-corrected chi connectivity index (χ0v) is 15.2. The van der Waals surface area contributed by atoms with E-state index in [0.717, 1.165) is 11.1 Å². The molecule has 1 N–H and O–H groups in total. The summed E-state index contributed by atoms with van der Waals surface area (Å²) in [5.41, 5.74) is 2.40. The van der Waals surface area contributed by atoms with E-state index in [1.807, 2.05) is 25.1 Å². The van der Waals surface area contributed by atoms with Gasteiger partial charge in [-0.1, -0.05) is 17.7 Å². The van der Waals surface area contributed by atoms with E-state index in [-0.39, 0.29) is 5.91 Å². The Balaban J connectivity index is 1.80. The molecule has 0 fully saturated rings. The predicted molar refractivity (Wildman–Crippen MR) is 97.5 cm³/mol. The van der Waals surface area contributed by atoms with Crippen molar-refractivity contribution in [1.82, 2.24) is 4.90 Å². The maximum Gasteiger partial charge on any atom is 0.341 e. The van der Waals surface area contributed by atoms with Gasteiger partial charge < -0.3 is 24.2 Å². The maximum absolute atomic E-state index is 12.9. The lowest BCUT2D eigenvalue weighted by molar-refractivity contribution is -0.139. The summed E-state index contributed by atoms with van der Waals surface area (Å²) in [6.07, 6.45) is 0. The van der Waals surface area contributed by atoms with Gasteiger partial charge in [-0.3, -0.25) is 4.79 Å². The summed E-state index contributed by atoms with van der Waals surface area (Å²) in [6.45, 7) is 2.74. The van der Waals surface area contributed by atoms with Gasteiger partial charge in [0.15, 0.2) is 18.1 Å². The molecule has 0 aliphatic carbocycles. The highest BCUT2D eigenvalue weighted by atomic mass is 16.5. The summed E-state index contributed by atoms with van der Waals surface area (Å²) in [5, 5.41) is 8.74. The monoisotopic (exact) mass is 371 g/mol. The van der Waals surface area contributed by atoms with E-state index in [2.05, 4.69) is 0 Å². The van der Waals surface area contributed by atoms with E-state index in [0.29, 0.717) is 42.5 Å². The topological polar surface area (TPSA) is 85.3 Å². The highest BCUT2D eigenvalue weighted by molar-refractivity contribution is 5.97. The van der Waals surface area contributed by atoms with Gasteiger partial charge in [-0.15, -0.1) is 0 Å². The summed E-state index contributed by atoms with van der Waals surface area (Å²) in [6, 6.07) is 10.8. The van der Waals surface area contributed by atoms with Crippen LogP contribution in [-0.2, 0) is 11.3 Å². The molecule has 1 aliphatic rings.